The molecule has 1 nitrogen and oxygen atoms in total. The van der Waals surface area contributed by atoms with Crippen LogP contribution in [0.5, 0.6) is 0 Å². The molecule has 0 N–H and O–H groups in total. The number of benzene rings is 2. The number of hydrogen-bond acceptors (Lipinski definition) is 1. The Kier molecular flexibility index (Phi) is 7.90. The van der Waals surface area contributed by atoms with Crippen molar-refractivity contribution >= 4 is 17.4 Å². The van der Waals surface area contributed by atoms with E-state index < -0.39 is 0 Å². The molecule has 0 amide bonds. The Morgan fingerprint density at radius 3 is 2.14 bits per heavy atom. The third-order valence-corrected chi connectivity index (χ3v) is 3.75. The Morgan fingerprint density at radius 1 is 0.955 bits per heavy atom. The number of hydrogen-bond donors (Lipinski definition) is 0. The van der Waals surface area contributed by atoms with Gasteiger partial charge in [-0.1, -0.05) is 61.3 Å². The molecule has 0 atom stereocenters. The lowest BCUT2D eigenvalue weighted by Crippen LogP contribution is -1.90. The maximum atomic E-state index is 10.8. The number of Topliss-reactive ketones (excluding diaryl/α,β-unsaturated/α-hetero) is 1. The summed E-state index contributed by atoms with van der Waals surface area (Å²) in [6, 6.07) is 13.8. The van der Waals surface area contributed by atoms with Gasteiger partial charge < -0.3 is 0 Å². The topological polar surface area (TPSA) is 17.1 Å². The molecule has 0 saturated carbocycles. The lowest BCUT2D eigenvalue weighted by Gasteiger charge is -1.96. The average molecular weight is 317 g/mol. The first kappa shape index (κ1) is 18.4. The summed E-state index contributed by atoms with van der Waals surface area (Å²) in [5.74, 6) is 0.125. The van der Waals surface area contributed by atoms with Gasteiger partial charge in [0.1, 0.15) is 0 Å². The number of ketones is 1. The quantitative estimate of drug-likeness (QED) is 0.585. The molecule has 2 aromatic rings. The maximum Gasteiger partial charge on any atom is 0.159 e. The van der Waals surface area contributed by atoms with E-state index in [-0.39, 0.29) is 5.78 Å². The van der Waals surface area contributed by atoms with Crippen molar-refractivity contribution < 1.29 is 4.79 Å². The summed E-state index contributed by atoms with van der Waals surface area (Å²) in [5.41, 5.74) is 4.91. The van der Waals surface area contributed by atoms with Crippen LogP contribution in [-0.2, 0) is 12.8 Å². The van der Waals surface area contributed by atoms with E-state index in [1.165, 1.54) is 36.0 Å². The zero-order chi connectivity index (χ0) is 16.5. The van der Waals surface area contributed by atoms with Crippen molar-refractivity contribution in [1.82, 2.24) is 0 Å². The lowest BCUT2D eigenvalue weighted by molar-refractivity contribution is 0.101. The molecule has 0 aromatic heterocycles. The highest BCUT2D eigenvalue weighted by atomic mass is 35.5. The van der Waals surface area contributed by atoms with Gasteiger partial charge in [-0.3, -0.25) is 4.79 Å². The molecule has 0 heterocycles. The summed E-state index contributed by atoms with van der Waals surface area (Å²) in [5, 5.41) is 0.876. The van der Waals surface area contributed by atoms with E-state index in [0.717, 1.165) is 10.6 Å². The Morgan fingerprint density at radius 2 is 1.55 bits per heavy atom. The molecule has 3 rings (SSSR count). The first-order valence-corrected chi connectivity index (χ1v) is 8.29. The van der Waals surface area contributed by atoms with Gasteiger partial charge in [0, 0.05) is 10.6 Å². The predicted octanol–water partition coefficient (Wildman–Crippen LogP) is 6.05. The summed E-state index contributed by atoms with van der Waals surface area (Å²) in [6.07, 6.45) is 3.76. The number of carbonyl (C=O) groups excluding carboxylic acids is 1. The summed E-state index contributed by atoms with van der Waals surface area (Å²) >= 11 is 5.82. The van der Waals surface area contributed by atoms with Crippen LogP contribution in [-0.4, -0.2) is 5.78 Å². The van der Waals surface area contributed by atoms with Crippen molar-refractivity contribution in [3.05, 3.63) is 69.7 Å². The first-order valence-electron chi connectivity index (χ1n) is 7.91. The molecule has 2 aromatic carbocycles. The van der Waals surface area contributed by atoms with Crippen LogP contribution in [0, 0.1) is 6.92 Å². The minimum Gasteiger partial charge on any atom is -0.295 e. The molecule has 2 heteroatoms. The minimum atomic E-state index is 0.125. The van der Waals surface area contributed by atoms with Crippen LogP contribution in [0.4, 0.5) is 0 Å². The van der Waals surface area contributed by atoms with Gasteiger partial charge in [-0.15, -0.1) is 0 Å². The van der Waals surface area contributed by atoms with Crippen LogP contribution in [0.1, 0.15) is 54.2 Å². The average Bonchev–Trinajstić information content (AvgIpc) is 2.98. The highest BCUT2D eigenvalue weighted by Crippen LogP contribution is 2.24. The Bertz CT molecular complexity index is 600. The van der Waals surface area contributed by atoms with E-state index >= 15 is 0 Å². The normalized spacial score (nSPS) is 11.5. The minimum absolute atomic E-state index is 0.125. The second-order valence-electron chi connectivity index (χ2n) is 5.19. The van der Waals surface area contributed by atoms with Gasteiger partial charge in [-0.2, -0.15) is 0 Å². The standard InChI is InChI=1S/C9H9Cl.C9H10O.C2H6/c10-9-5-4-7-2-1-3-8(7)6-9;1-7-3-5-9(6-4-7)8(2)10;1-2/h4-6H,1-3H2;3-6H,1-2H3;1-2H3. The smallest absolute Gasteiger partial charge is 0.159 e. The predicted molar refractivity (Wildman–Crippen MR) is 96.0 cm³/mol. The summed E-state index contributed by atoms with van der Waals surface area (Å²) in [6.45, 7) is 7.58. The van der Waals surface area contributed by atoms with Crippen LogP contribution >= 0.6 is 11.6 Å². The van der Waals surface area contributed by atoms with Crippen molar-refractivity contribution in [2.24, 2.45) is 0 Å². The Hall–Kier alpha value is -1.60. The zero-order valence-corrected chi connectivity index (χ0v) is 14.7. The van der Waals surface area contributed by atoms with Gasteiger partial charge in [-0.25, -0.2) is 0 Å². The zero-order valence-electron chi connectivity index (χ0n) is 13.9. The molecular formula is C20H25ClO. The van der Waals surface area contributed by atoms with E-state index in [2.05, 4.69) is 12.1 Å². The molecule has 0 bridgehead atoms. The van der Waals surface area contributed by atoms with Crippen molar-refractivity contribution in [2.45, 2.75) is 47.0 Å². The molecular weight excluding hydrogens is 292 g/mol. The molecule has 0 radical (unpaired) electrons. The van der Waals surface area contributed by atoms with Crippen LogP contribution in [0.2, 0.25) is 5.02 Å². The fraction of sp³-hybridized carbons (Fsp3) is 0.350. The molecule has 0 unspecified atom stereocenters. The van der Waals surface area contributed by atoms with E-state index in [4.69, 9.17) is 11.6 Å². The van der Waals surface area contributed by atoms with Crippen LogP contribution in [0.3, 0.4) is 0 Å². The summed E-state index contributed by atoms with van der Waals surface area (Å²) < 4.78 is 0. The summed E-state index contributed by atoms with van der Waals surface area (Å²) in [7, 11) is 0. The molecule has 1 aliphatic carbocycles. The number of fused-ring (bicyclic) bond motifs is 1. The maximum absolute atomic E-state index is 10.8. The SMILES string of the molecule is CC.CC(=O)c1ccc(C)cc1.Clc1ccc2c(c1)CCC2. The van der Waals surface area contributed by atoms with E-state index in [0.29, 0.717) is 0 Å². The van der Waals surface area contributed by atoms with Crippen LogP contribution < -0.4 is 0 Å². The van der Waals surface area contributed by atoms with E-state index in [9.17, 15) is 4.79 Å². The summed E-state index contributed by atoms with van der Waals surface area (Å²) in [4.78, 5) is 10.8. The van der Waals surface area contributed by atoms with Gasteiger partial charge in [-0.05, 0) is 56.4 Å². The van der Waals surface area contributed by atoms with Gasteiger partial charge >= 0.3 is 0 Å². The molecule has 1 aliphatic rings. The van der Waals surface area contributed by atoms with Crippen molar-refractivity contribution in [3.63, 3.8) is 0 Å². The fourth-order valence-corrected chi connectivity index (χ4v) is 2.52. The molecule has 118 valence electrons. The highest BCUT2D eigenvalue weighted by molar-refractivity contribution is 6.30. The Labute approximate surface area is 139 Å². The largest absolute Gasteiger partial charge is 0.295 e. The van der Waals surface area contributed by atoms with E-state index in [1.54, 1.807) is 6.92 Å². The van der Waals surface area contributed by atoms with Crippen molar-refractivity contribution in [1.29, 1.82) is 0 Å². The number of rotatable bonds is 1. The lowest BCUT2D eigenvalue weighted by atomic mass is 10.1. The third kappa shape index (κ3) is 5.65. The van der Waals surface area contributed by atoms with Gasteiger partial charge in [0.05, 0.1) is 0 Å². The van der Waals surface area contributed by atoms with Gasteiger partial charge in [0.2, 0.25) is 0 Å². The van der Waals surface area contributed by atoms with Crippen molar-refractivity contribution in [2.75, 3.05) is 0 Å². The number of halogens is 1. The second-order valence-corrected chi connectivity index (χ2v) is 5.63. The van der Waals surface area contributed by atoms with E-state index in [1.807, 2.05) is 51.1 Å². The van der Waals surface area contributed by atoms with Crippen LogP contribution in [0.15, 0.2) is 42.5 Å². The van der Waals surface area contributed by atoms with Gasteiger partial charge in [0.15, 0.2) is 5.78 Å². The first-order chi connectivity index (χ1) is 10.6. The molecule has 0 aliphatic heterocycles. The van der Waals surface area contributed by atoms with Crippen molar-refractivity contribution in [3.8, 4) is 0 Å². The number of aryl methyl sites for hydroxylation is 3. The molecule has 0 spiro atoms. The van der Waals surface area contributed by atoms with Crippen LogP contribution in [0.25, 0.3) is 0 Å². The highest BCUT2D eigenvalue weighted by Gasteiger charge is 2.09. The molecule has 0 saturated heterocycles. The monoisotopic (exact) mass is 316 g/mol. The number of carbonyl (C=O) groups is 1. The third-order valence-electron chi connectivity index (χ3n) is 3.52. The molecule has 0 fully saturated rings. The van der Waals surface area contributed by atoms with Gasteiger partial charge in [0.25, 0.3) is 0 Å². The fourth-order valence-electron chi connectivity index (χ4n) is 2.33. The Balaban J connectivity index is 0.000000198. The molecule has 22 heavy (non-hydrogen) atoms. The second kappa shape index (κ2) is 9.42.